The van der Waals surface area contributed by atoms with Crippen molar-refractivity contribution in [1.29, 1.82) is 0 Å². The van der Waals surface area contributed by atoms with Gasteiger partial charge >= 0.3 is 12.2 Å². The number of nitrogens with one attached hydrogen (secondary N) is 5. The van der Waals surface area contributed by atoms with Crippen molar-refractivity contribution in [3.8, 4) is 11.5 Å². The van der Waals surface area contributed by atoms with Gasteiger partial charge in [0.25, 0.3) is 0 Å². The number of hydrogen-bond donors (Lipinski definition) is 5. The molecule has 2 aromatic carbocycles. The summed E-state index contributed by atoms with van der Waals surface area (Å²) in [5.41, 5.74) is 4.17. The van der Waals surface area contributed by atoms with E-state index in [2.05, 4.69) is 76.8 Å². The van der Waals surface area contributed by atoms with Crippen LogP contribution in [0, 0.1) is 11.8 Å². The molecular formula is C49H68N8O7. The number of hydrogen-bond acceptors (Lipinski definition) is 11. The Bertz CT molecular complexity index is 2090. The molecule has 0 bridgehead atoms. The molecule has 4 amide bonds. The van der Waals surface area contributed by atoms with E-state index < -0.39 is 24.3 Å². The number of carbonyl (C=O) groups is 4. The van der Waals surface area contributed by atoms with E-state index >= 15 is 0 Å². The number of nitrogens with zero attached hydrogens (tertiary/aromatic N) is 3. The Balaban J connectivity index is 0.836. The normalized spacial score (nSPS) is 23.8. The van der Waals surface area contributed by atoms with Crippen LogP contribution in [0.15, 0.2) is 46.4 Å². The maximum absolute atomic E-state index is 14.1. The van der Waals surface area contributed by atoms with Gasteiger partial charge in [-0.25, -0.2) is 9.59 Å². The minimum absolute atomic E-state index is 0.0323. The lowest BCUT2D eigenvalue weighted by Crippen LogP contribution is -2.55. The molecule has 64 heavy (non-hydrogen) atoms. The minimum atomic E-state index is -0.595. The zero-order valence-electron chi connectivity index (χ0n) is 38.1. The van der Waals surface area contributed by atoms with Gasteiger partial charge in [-0.2, -0.15) is 0 Å². The lowest BCUT2D eigenvalue weighted by molar-refractivity contribution is -0.135. The molecule has 346 valence electrons. The van der Waals surface area contributed by atoms with Crippen molar-refractivity contribution >= 4 is 35.7 Å². The summed E-state index contributed by atoms with van der Waals surface area (Å²) >= 11 is 0. The van der Waals surface area contributed by atoms with E-state index in [0.717, 1.165) is 135 Å². The van der Waals surface area contributed by atoms with E-state index in [9.17, 15) is 19.2 Å². The first kappa shape index (κ1) is 45.2. The van der Waals surface area contributed by atoms with Crippen LogP contribution in [0.25, 0.3) is 0 Å². The van der Waals surface area contributed by atoms with Crippen LogP contribution >= 0.6 is 0 Å². The molecule has 2 aromatic rings. The van der Waals surface area contributed by atoms with E-state index in [1.165, 1.54) is 20.6 Å². The van der Waals surface area contributed by atoms with Crippen LogP contribution in [0.1, 0.15) is 144 Å². The highest BCUT2D eigenvalue weighted by atomic mass is 16.5. The second-order valence-corrected chi connectivity index (χ2v) is 19.1. The van der Waals surface area contributed by atoms with Crippen LogP contribution < -0.4 is 31.3 Å². The largest absolute Gasteiger partial charge is 0.457 e. The molecule has 6 aliphatic rings. The van der Waals surface area contributed by atoms with Crippen molar-refractivity contribution in [3.63, 3.8) is 0 Å². The van der Waals surface area contributed by atoms with Gasteiger partial charge in [0.15, 0.2) is 0 Å². The Morgan fingerprint density at radius 1 is 0.750 bits per heavy atom. The fourth-order valence-corrected chi connectivity index (χ4v) is 11.0. The highest BCUT2D eigenvalue weighted by molar-refractivity contribution is 5.95. The third-order valence-electron chi connectivity index (χ3n) is 14.7. The van der Waals surface area contributed by atoms with Crippen LogP contribution in [0.4, 0.5) is 9.59 Å². The number of methoxy groups -OCH3 is 2. The third-order valence-corrected chi connectivity index (χ3v) is 14.7. The Morgan fingerprint density at radius 2 is 1.39 bits per heavy atom. The SMILES string of the molecule is COC(=O)N[C@H](C(=O)NCCCCC1=NCC(c2ccc3c(c2)Oc2ccc(C4CN=C([C@@H]5CCCN5C(=O)[C@@H](NC(=O)OC)C5CCCCC5)N4)cc2C3(C)C)N1)C1CCCCC1. The van der Waals surface area contributed by atoms with Crippen molar-refractivity contribution < 1.29 is 33.4 Å². The quantitative estimate of drug-likeness (QED) is 0.124. The van der Waals surface area contributed by atoms with Crippen LogP contribution in [0.5, 0.6) is 11.5 Å². The van der Waals surface area contributed by atoms with Gasteiger partial charge in [-0.3, -0.25) is 19.6 Å². The van der Waals surface area contributed by atoms with Gasteiger partial charge in [-0.05, 0) is 92.5 Å². The number of unbranched alkanes of at least 4 members (excludes halogenated alkanes) is 1. The molecule has 4 heterocycles. The second kappa shape index (κ2) is 20.2. The molecule has 0 radical (unpaired) electrons. The van der Waals surface area contributed by atoms with E-state index in [1.807, 2.05) is 4.90 Å². The van der Waals surface area contributed by atoms with Crippen LogP contribution in [0.2, 0.25) is 0 Å². The standard InChI is InChI=1S/C49H68N8O7/c1-49(2)34-22-20-33(36-28-51-41(53-36)19-11-12-24-50-45(58)42(55-47(60)62-3)30-14-7-5-8-15-30)27-40(34)64-39-23-21-32(26-35(39)49)37-29-52-44(54-37)38-18-13-25-57(38)46(59)43(56-48(61)63-4)31-16-9-6-10-17-31/h20-23,26-27,30-31,36-38,42-43H,5-19,24-25,28-29H2,1-4H3,(H,50,58)(H,51,53)(H,52,54)(H,55,60)(H,56,61)/t36?,37?,38-,42-,43-/m0/s1. The molecule has 2 saturated carbocycles. The van der Waals surface area contributed by atoms with E-state index in [4.69, 9.17) is 24.2 Å². The van der Waals surface area contributed by atoms with E-state index in [1.54, 1.807) is 0 Å². The van der Waals surface area contributed by atoms with Crippen LogP contribution in [0.3, 0.4) is 0 Å². The predicted octanol–water partition coefficient (Wildman–Crippen LogP) is 7.09. The molecule has 15 heteroatoms. The van der Waals surface area contributed by atoms with Gasteiger partial charge < -0.3 is 45.7 Å². The number of amides is 4. The third kappa shape index (κ3) is 9.97. The maximum atomic E-state index is 14.1. The molecule has 2 aliphatic carbocycles. The van der Waals surface area contributed by atoms with Crippen molar-refractivity contribution in [2.24, 2.45) is 21.8 Å². The molecule has 3 fully saturated rings. The average molecular weight is 881 g/mol. The number of rotatable bonds is 14. The molecule has 0 spiro atoms. The summed E-state index contributed by atoms with van der Waals surface area (Å²) in [6.45, 7) is 6.89. The number of amidine groups is 2. The molecular weight excluding hydrogens is 813 g/mol. The number of carbonyl (C=O) groups excluding carboxylic acids is 4. The predicted molar refractivity (Wildman–Crippen MR) is 245 cm³/mol. The topological polar surface area (TPSA) is 184 Å². The lowest BCUT2D eigenvalue weighted by Gasteiger charge is -2.36. The van der Waals surface area contributed by atoms with Crippen molar-refractivity contribution in [2.75, 3.05) is 40.4 Å². The number of alkyl carbamates (subject to hydrolysis) is 2. The zero-order valence-corrected chi connectivity index (χ0v) is 38.1. The van der Waals surface area contributed by atoms with Crippen molar-refractivity contribution in [1.82, 2.24) is 31.5 Å². The molecule has 8 rings (SSSR count). The summed E-state index contributed by atoms with van der Waals surface area (Å²) in [4.78, 5) is 63.3. The fraction of sp³-hybridized carbons (Fsp3) is 0.633. The van der Waals surface area contributed by atoms with Gasteiger partial charge in [0.1, 0.15) is 29.4 Å². The molecule has 5 atom stereocenters. The number of ether oxygens (including phenoxy) is 3. The fourth-order valence-electron chi connectivity index (χ4n) is 11.0. The van der Waals surface area contributed by atoms with Gasteiger partial charge in [0.05, 0.1) is 51.3 Å². The summed E-state index contributed by atoms with van der Waals surface area (Å²) in [7, 11) is 2.67. The lowest BCUT2D eigenvalue weighted by atomic mass is 9.74. The van der Waals surface area contributed by atoms with Crippen molar-refractivity contribution in [2.45, 2.75) is 146 Å². The number of benzene rings is 2. The first-order chi connectivity index (χ1) is 31.0. The average Bonchev–Trinajstić information content (AvgIpc) is 4.12. The summed E-state index contributed by atoms with van der Waals surface area (Å²) in [6, 6.07) is 11.7. The first-order valence-corrected chi connectivity index (χ1v) is 23.9. The monoisotopic (exact) mass is 881 g/mol. The Kier molecular flexibility index (Phi) is 14.3. The summed E-state index contributed by atoms with van der Waals surface area (Å²) in [5, 5.41) is 16.0. The Labute approximate surface area is 377 Å². The zero-order chi connectivity index (χ0) is 44.8. The number of likely N-dealkylation sites (tertiary alicyclic amines) is 1. The van der Waals surface area contributed by atoms with E-state index in [0.29, 0.717) is 26.2 Å². The van der Waals surface area contributed by atoms with Gasteiger partial charge in [-0.1, -0.05) is 70.6 Å². The van der Waals surface area contributed by atoms with Crippen molar-refractivity contribution in [3.05, 3.63) is 58.7 Å². The number of aliphatic imine (C=N–C) groups is 2. The maximum Gasteiger partial charge on any atom is 0.407 e. The molecule has 1 saturated heterocycles. The molecule has 0 aromatic heterocycles. The number of fused-ring (bicyclic) bond motifs is 2. The molecule has 4 aliphatic heterocycles. The Hall–Kier alpha value is -5.34. The molecule has 15 nitrogen and oxygen atoms in total. The molecule has 2 unspecified atom stereocenters. The van der Waals surface area contributed by atoms with Crippen LogP contribution in [-0.2, 0) is 24.5 Å². The summed E-state index contributed by atoms with van der Waals surface area (Å²) < 4.78 is 16.4. The summed E-state index contributed by atoms with van der Waals surface area (Å²) in [6.07, 6.45) is 13.4. The Morgan fingerprint density at radius 3 is 2.11 bits per heavy atom. The smallest absolute Gasteiger partial charge is 0.407 e. The van der Waals surface area contributed by atoms with Gasteiger partial charge in [-0.15, -0.1) is 0 Å². The highest BCUT2D eigenvalue weighted by Gasteiger charge is 2.42. The summed E-state index contributed by atoms with van der Waals surface area (Å²) in [5.74, 6) is 3.57. The first-order valence-electron chi connectivity index (χ1n) is 23.9. The van der Waals surface area contributed by atoms with Gasteiger partial charge in [0, 0.05) is 36.1 Å². The van der Waals surface area contributed by atoms with Crippen LogP contribution in [-0.4, -0.2) is 99.1 Å². The van der Waals surface area contributed by atoms with E-state index in [-0.39, 0.29) is 47.2 Å². The second-order valence-electron chi connectivity index (χ2n) is 19.1. The van der Waals surface area contributed by atoms with Gasteiger partial charge in [0.2, 0.25) is 11.8 Å². The highest BCUT2D eigenvalue weighted by Crippen LogP contribution is 2.49. The minimum Gasteiger partial charge on any atom is -0.457 e. The molecule has 5 N–H and O–H groups in total.